The molecule has 1 aliphatic heterocycles. The van der Waals surface area contributed by atoms with Crippen molar-refractivity contribution in [2.45, 2.75) is 20.0 Å². The molecule has 0 spiro atoms. The van der Waals surface area contributed by atoms with Crippen LogP contribution in [-0.4, -0.2) is 35.7 Å². The average molecular weight is 286 g/mol. The molecule has 0 N–H and O–H groups in total. The zero-order valence-corrected chi connectivity index (χ0v) is 12.2. The van der Waals surface area contributed by atoms with E-state index in [0.29, 0.717) is 31.2 Å². The summed E-state index contributed by atoms with van der Waals surface area (Å²) >= 11 is 0. The second kappa shape index (κ2) is 5.69. The van der Waals surface area contributed by atoms with Gasteiger partial charge in [0.25, 0.3) is 5.91 Å². The van der Waals surface area contributed by atoms with Gasteiger partial charge in [-0.05, 0) is 19.4 Å². The lowest BCUT2D eigenvalue weighted by molar-refractivity contribution is -0.0231. The van der Waals surface area contributed by atoms with Crippen LogP contribution in [0.15, 0.2) is 34.9 Å². The van der Waals surface area contributed by atoms with Crippen LogP contribution in [0.2, 0.25) is 0 Å². The van der Waals surface area contributed by atoms with E-state index in [-0.39, 0.29) is 12.0 Å². The van der Waals surface area contributed by atoms with Gasteiger partial charge < -0.3 is 14.2 Å². The van der Waals surface area contributed by atoms with Gasteiger partial charge in [-0.25, -0.2) is 0 Å². The minimum absolute atomic E-state index is 0.0868. The van der Waals surface area contributed by atoms with Crippen LogP contribution in [0.3, 0.4) is 0 Å². The number of nitrogens with zero attached hydrogens (tertiary/aromatic N) is 2. The fraction of sp³-hybridized carbons (Fsp3) is 0.375. The Morgan fingerprint density at radius 2 is 2.05 bits per heavy atom. The van der Waals surface area contributed by atoms with Crippen LogP contribution < -0.4 is 0 Å². The van der Waals surface area contributed by atoms with Crippen LogP contribution in [0.4, 0.5) is 0 Å². The third kappa shape index (κ3) is 2.97. The molecule has 0 radical (unpaired) electrons. The molecule has 1 fully saturated rings. The Hall–Kier alpha value is -2.14. The number of ether oxygens (including phenoxy) is 1. The molecule has 0 bridgehead atoms. The Kier molecular flexibility index (Phi) is 3.75. The number of hydrogen-bond donors (Lipinski definition) is 0. The number of hydrogen-bond acceptors (Lipinski definition) is 4. The van der Waals surface area contributed by atoms with E-state index in [1.165, 1.54) is 5.56 Å². The standard InChI is InChI=1S/C16H18N2O3/c1-11-3-5-13(6-4-11)15-10-18(7-8-20-15)16(19)14-9-12(2)21-17-14/h3-6,9,15H,7-8,10H2,1-2H3. The number of morpholine rings is 1. The lowest BCUT2D eigenvalue weighted by atomic mass is 10.1. The van der Waals surface area contributed by atoms with Crippen molar-refractivity contribution in [3.63, 3.8) is 0 Å². The average Bonchev–Trinajstić information content (AvgIpc) is 2.94. The fourth-order valence-corrected chi connectivity index (χ4v) is 2.45. The summed E-state index contributed by atoms with van der Waals surface area (Å²) in [5.41, 5.74) is 2.66. The van der Waals surface area contributed by atoms with Crippen LogP contribution >= 0.6 is 0 Å². The van der Waals surface area contributed by atoms with Crippen molar-refractivity contribution < 1.29 is 14.1 Å². The molecule has 0 aliphatic carbocycles. The van der Waals surface area contributed by atoms with Gasteiger partial charge in [0.05, 0.1) is 13.2 Å². The Bertz CT molecular complexity index is 633. The van der Waals surface area contributed by atoms with E-state index in [2.05, 4.69) is 17.3 Å². The highest BCUT2D eigenvalue weighted by Gasteiger charge is 2.27. The van der Waals surface area contributed by atoms with E-state index in [1.807, 2.05) is 19.1 Å². The van der Waals surface area contributed by atoms with Crippen molar-refractivity contribution in [3.8, 4) is 0 Å². The predicted octanol–water partition coefficient (Wildman–Crippen LogP) is 2.51. The molecule has 2 aromatic rings. The molecular formula is C16H18N2O3. The lowest BCUT2D eigenvalue weighted by Gasteiger charge is -2.32. The topological polar surface area (TPSA) is 55.6 Å². The number of carbonyl (C=O) groups excluding carboxylic acids is 1. The summed E-state index contributed by atoms with van der Waals surface area (Å²) in [6.45, 7) is 5.47. The minimum atomic E-state index is -0.104. The Morgan fingerprint density at radius 1 is 1.29 bits per heavy atom. The second-order valence-electron chi connectivity index (χ2n) is 5.34. The van der Waals surface area contributed by atoms with Crippen LogP contribution in [0, 0.1) is 13.8 Å². The first-order valence-corrected chi connectivity index (χ1v) is 7.04. The Morgan fingerprint density at radius 3 is 2.71 bits per heavy atom. The van der Waals surface area contributed by atoms with E-state index in [9.17, 15) is 4.79 Å². The van der Waals surface area contributed by atoms with Crippen molar-refractivity contribution in [1.29, 1.82) is 0 Å². The summed E-state index contributed by atoms with van der Waals surface area (Å²) in [7, 11) is 0. The lowest BCUT2D eigenvalue weighted by Crippen LogP contribution is -2.42. The molecule has 1 unspecified atom stereocenters. The SMILES string of the molecule is Cc1ccc(C2CN(C(=O)c3cc(C)on3)CCO2)cc1. The molecule has 21 heavy (non-hydrogen) atoms. The number of amides is 1. The zero-order valence-electron chi connectivity index (χ0n) is 12.2. The van der Waals surface area contributed by atoms with E-state index in [4.69, 9.17) is 9.26 Å². The molecule has 5 nitrogen and oxygen atoms in total. The minimum Gasteiger partial charge on any atom is -0.370 e. The van der Waals surface area contributed by atoms with E-state index < -0.39 is 0 Å². The van der Waals surface area contributed by atoms with Gasteiger partial charge >= 0.3 is 0 Å². The highest BCUT2D eigenvalue weighted by atomic mass is 16.5. The maximum absolute atomic E-state index is 12.4. The van der Waals surface area contributed by atoms with E-state index >= 15 is 0 Å². The molecule has 3 rings (SSSR count). The zero-order chi connectivity index (χ0) is 14.8. The van der Waals surface area contributed by atoms with Crippen molar-refractivity contribution in [1.82, 2.24) is 10.1 Å². The number of benzene rings is 1. The molecular weight excluding hydrogens is 268 g/mol. The summed E-state index contributed by atoms with van der Waals surface area (Å²) < 4.78 is 10.8. The van der Waals surface area contributed by atoms with Gasteiger partial charge in [0, 0.05) is 12.6 Å². The molecule has 1 aliphatic rings. The predicted molar refractivity (Wildman–Crippen MR) is 77.0 cm³/mol. The largest absolute Gasteiger partial charge is 0.370 e. The normalized spacial score (nSPS) is 18.8. The highest BCUT2D eigenvalue weighted by Crippen LogP contribution is 2.23. The van der Waals surface area contributed by atoms with Gasteiger partial charge in [0.15, 0.2) is 5.69 Å². The monoisotopic (exact) mass is 286 g/mol. The Labute approximate surface area is 123 Å². The van der Waals surface area contributed by atoms with E-state index in [0.717, 1.165) is 5.56 Å². The first-order chi connectivity index (χ1) is 10.1. The Balaban J connectivity index is 1.73. The fourth-order valence-electron chi connectivity index (χ4n) is 2.45. The summed E-state index contributed by atoms with van der Waals surface area (Å²) in [5.74, 6) is 0.536. The maximum Gasteiger partial charge on any atom is 0.276 e. The molecule has 1 atom stereocenters. The van der Waals surface area contributed by atoms with Crippen LogP contribution in [0.25, 0.3) is 0 Å². The van der Waals surface area contributed by atoms with Crippen molar-refractivity contribution >= 4 is 5.91 Å². The molecule has 1 aromatic heterocycles. The van der Waals surface area contributed by atoms with Gasteiger partial charge in [-0.3, -0.25) is 4.79 Å². The van der Waals surface area contributed by atoms with E-state index in [1.54, 1.807) is 17.9 Å². The molecule has 110 valence electrons. The quantitative estimate of drug-likeness (QED) is 0.851. The molecule has 2 heterocycles. The molecule has 0 saturated carbocycles. The highest BCUT2D eigenvalue weighted by molar-refractivity contribution is 5.92. The van der Waals surface area contributed by atoms with Gasteiger partial charge in [0.2, 0.25) is 0 Å². The van der Waals surface area contributed by atoms with Crippen LogP contribution in [0.5, 0.6) is 0 Å². The molecule has 5 heteroatoms. The third-order valence-corrected chi connectivity index (χ3v) is 3.65. The number of aryl methyl sites for hydroxylation is 2. The van der Waals surface area contributed by atoms with Crippen LogP contribution in [-0.2, 0) is 4.74 Å². The van der Waals surface area contributed by atoms with Crippen molar-refractivity contribution in [3.05, 3.63) is 52.9 Å². The van der Waals surface area contributed by atoms with Crippen molar-refractivity contribution in [2.75, 3.05) is 19.7 Å². The van der Waals surface area contributed by atoms with Gasteiger partial charge in [-0.2, -0.15) is 0 Å². The van der Waals surface area contributed by atoms with Crippen molar-refractivity contribution in [2.24, 2.45) is 0 Å². The molecule has 1 saturated heterocycles. The third-order valence-electron chi connectivity index (χ3n) is 3.65. The van der Waals surface area contributed by atoms with Crippen LogP contribution in [0.1, 0.15) is 33.5 Å². The summed E-state index contributed by atoms with van der Waals surface area (Å²) in [6.07, 6.45) is -0.0868. The molecule has 1 aromatic carbocycles. The first kappa shape index (κ1) is 13.8. The van der Waals surface area contributed by atoms with Gasteiger partial charge in [0.1, 0.15) is 11.9 Å². The van der Waals surface area contributed by atoms with Gasteiger partial charge in [-0.1, -0.05) is 35.0 Å². The molecule has 1 amide bonds. The summed E-state index contributed by atoms with van der Waals surface area (Å²) in [5, 5.41) is 3.79. The summed E-state index contributed by atoms with van der Waals surface area (Å²) in [4.78, 5) is 14.2. The second-order valence-corrected chi connectivity index (χ2v) is 5.34. The number of rotatable bonds is 2. The number of carbonyl (C=O) groups is 1. The number of aromatic nitrogens is 1. The summed E-state index contributed by atoms with van der Waals surface area (Å²) in [6, 6.07) is 9.88. The maximum atomic E-state index is 12.4. The first-order valence-electron chi connectivity index (χ1n) is 7.04. The van der Waals surface area contributed by atoms with Gasteiger partial charge in [-0.15, -0.1) is 0 Å². The smallest absolute Gasteiger partial charge is 0.276 e.